The Morgan fingerprint density at radius 2 is 1.36 bits per heavy atom. The molecule has 0 radical (unpaired) electrons. The Labute approximate surface area is 240 Å². The fourth-order valence-electron chi connectivity index (χ4n) is 5.28. The Bertz CT molecular complexity index is 1540. The van der Waals surface area contributed by atoms with Gasteiger partial charge in [-0.05, 0) is 68.3 Å². The van der Waals surface area contributed by atoms with Gasteiger partial charge in [0.1, 0.15) is 12.3 Å². The van der Waals surface area contributed by atoms with E-state index in [1.165, 1.54) is 36.4 Å². The fourth-order valence-corrected chi connectivity index (χ4v) is 5.28. The number of non-ortho nitro benzene ring substituents is 1. The Kier molecular flexibility index (Phi) is 7.92. The van der Waals surface area contributed by atoms with E-state index in [1.807, 2.05) is 6.92 Å². The first-order chi connectivity index (χ1) is 20.1. The number of ether oxygens (including phenoxy) is 1. The van der Waals surface area contributed by atoms with Crippen LogP contribution in [-0.2, 0) is 9.59 Å². The van der Waals surface area contributed by atoms with Crippen LogP contribution in [0, 0.1) is 28.9 Å². The highest BCUT2D eigenvalue weighted by atomic mass is 16.6. The lowest BCUT2D eigenvalue weighted by atomic mass is 9.81. The number of nitrogens with zero attached hydrogens (tertiary/aromatic N) is 3. The summed E-state index contributed by atoms with van der Waals surface area (Å²) in [5.74, 6) is -3.95. The minimum atomic E-state index is -0.817. The SMILES string of the molecule is Cc1ccc(C(=O)Oc2ccc(C(=O)CN(C(=O)c3ccc([N+](=O)[O-])cc3)N3C(=O)[C@H]4CCCC[C@@H]4C3=O)cc2)cc1. The van der Waals surface area contributed by atoms with Gasteiger partial charge >= 0.3 is 5.97 Å². The van der Waals surface area contributed by atoms with Gasteiger partial charge in [0, 0.05) is 23.3 Å². The summed E-state index contributed by atoms with van der Waals surface area (Å²) >= 11 is 0. The normalized spacial score (nSPS) is 17.9. The number of imide groups is 1. The van der Waals surface area contributed by atoms with Crippen LogP contribution in [0.15, 0.2) is 72.8 Å². The highest BCUT2D eigenvalue weighted by Crippen LogP contribution is 2.39. The van der Waals surface area contributed by atoms with E-state index < -0.39 is 52.8 Å². The maximum atomic E-state index is 13.6. The number of nitro groups is 1. The van der Waals surface area contributed by atoms with Gasteiger partial charge in [-0.3, -0.25) is 29.3 Å². The van der Waals surface area contributed by atoms with E-state index in [1.54, 1.807) is 24.3 Å². The van der Waals surface area contributed by atoms with Crippen LogP contribution in [0.1, 0.15) is 62.3 Å². The molecule has 1 heterocycles. The van der Waals surface area contributed by atoms with E-state index in [4.69, 9.17) is 4.74 Å². The lowest BCUT2D eigenvalue weighted by molar-refractivity contribution is -0.384. The number of carbonyl (C=O) groups is 5. The molecule has 0 bridgehead atoms. The van der Waals surface area contributed by atoms with Crippen molar-refractivity contribution in [2.75, 3.05) is 6.54 Å². The Morgan fingerprint density at radius 1 is 0.833 bits per heavy atom. The summed E-state index contributed by atoms with van der Waals surface area (Å²) in [6, 6.07) is 17.3. The first-order valence-electron chi connectivity index (χ1n) is 13.5. The number of Topliss-reactive ketones (excluding diaryl/α,β-unsaturated/α-hetero) is 1. The van der Waals surface area contributed by atoms with Crippen LogP contribution in [0.5, 0.6) is 5.75 Å². The second-order valence-electron chi connectivity index (χ2n) is 10.4. The molecule has 3 amide bonds. The number of ketones is 1. The van der Waals surface area contributed by atoms with Crippen molar-refractivity contribution >= 4 is 35.2 Å². The van der Waals surface area contributed by atoms with Gasteiger partial charge in [0.2, 0.25) is 0 Å². The maximum Gasteiger partial charge on any atom is 0.343 e. The summed E-state index contributed by atoms with van der Waals surface area (Å²) in [7, 11) is 0. The lowest BCUT2D eigenvalue weighted by Crippen LogP contribution is -2.52. The van der Waals surface area contributed by atoms with Gasteiger partial charge in [0.05, 0.1) is 22.3 Å². The second-order valence-corrected chi connectivity index (χ2v) is 10.4. The molecule has 11 nitrogen and oxygen atoms in total. The largest absolute Gasteiger partial charge is 0.423 e. The van der Waals surface area contributed by atoms with E-state index in [2.05, 4.69) is 0 Å². The van der Waals surface area contributed by atoms with Crippen LogP contribution in [0.4, 0.5) is 5.69 Å². The number of fused-ring (bicyclic) bond motifs is 1. The van der Waals surface area contributed by atoms with Crippen molar-refractivity contribution < 1.29 is 33.6 Å². The molecule has 42 heavy (non-hydrogen) atoms. The number of amides is 3. The lowest BCUT2D eigenvalue weighted by Gasteiger charge is -2.30. The van der Waals surface area contributed by atoms with Gasteiger partial charge in [-0.2, -0.15) is 5.01 Å². The van der Waals surface area contributed by atoms with Gasteiger partial charge in [0.25, 0.3) is 23.4 Å². The topological polar surface area (TPSA) is 144 Å². The van der Waals surface area contributed by atoms with Crippen LogP contribution >= 0.6 is 0 Å². The first kappa shape index (κ1) is 28.3. The number of esters is 1. The van der Waals surface area contributed by atoms with Gasteiger partial charge in [-0.1, -0.05) is 30.5 Å². The molecule has 11 heteroatoms. The molecular formula is C31H27N3O8. The number of benzene rings is 3. The molecule has 2 aliphatic rings. The van der Waals surface area contributed by atoms with Crippen molar-refractivity contribution in [3.05, 3.63) is 105 Å². The molecule has 1 saturated heterocycles. The van der Waals surface area contributed by atoms with Crippen molar-refractivity contribution in [1.29, 1.82) is 0 Å². The van der Waals surface area contributed by atoms with Crippen molar-refractivity contribution in [3.8, 4) is 5.75 Å². The number of carbonyl (C=O) groups excluding carboxylic acids is 5. The van der Waals surface area contributed by atoms with Gasteiger partial charge in [-0.25, -0.2) is 9.80 Å². The number of rotatable bonds is 8. The second kappa shape index (κ2) is 11.7. The number of hydrazine groups is 1. The molecule has 0 spiro atoms. The summed E-state index contributed by atoms with van der Waals surface area (Å²) in [4.78, 5) is 76.5. The molecule has 0 N–H and O–H groups in total. The zero-order chi connectivity index (χ0) is 30.0. The van der Waals surface area contributed by atoms with Crippen molar-refractivity contribution in [1.82, 2.24) is 10.0 Å². The summed E-state index contributed by atoms with van der Waals surface area (Å²) in [5.41, 5.74) is 1.25. The van der Waals surface area contributed by atoms with Gasteiger partial charge in [0.15, 0.2) is 5.78 Å². The zero-order valence-corrected chi connectivity index (χ0v) is 22.7. The average molecular weight is 570 g/mol. The molecule has 214 valence electrons. The third kappa shape index (κ3) is 5.67. The maximum absolute atomic E-state index is 13.6. The zero-order valence-electron chi connectivity index (χ0n) is 22.7. The molecular weight excluding hydrogens is 542 g/mol. The molecule has 3 aromatic rings. The number of hydrogen-bond acceptors (Lipinski definition) is 8. The van der Waals surface area contributed by atoms with E-state index in [9.17, 15) is 34.1 Å². The van der Waals surface area contributed by atoms with Crippen LogP contribution in [-0.4, -0.2) is 51.0 Å². The summed E-state index contributed by atoms with van der Waals surface area (Å²) in [5, 5.41) is 12.7. The fraction of sp³-hybridized carbons (Fsp3) is 0.258. The van der Waals surface area contributed by atoms with Crippen LogP contribution in [0.2, 0.25) is 0 Å². The molecule has 1 aliphatic heterocycles. The van der Waals surface area contributed by atoms with Crippen molar-refractivity contribution in [2.24, 2.45) is 11.8 Å². The first-order valence-corrected chi connectivity index (χ1v) is 13.5. The van der Waals surface area contributed by atoms with Crippen LogP contribution in [0.3, 0.4) is 0 Å². The standard InChI is InChI=1S/C31H27N3O8/c1-19-6-8-22(9-7-19)31(39)42-24-16-12-20(13-17-24)27(35)18-32(28(36)21-10-14-23(15-11-21)34(40)41)33-29(37)25-4-2-3-5-26(25)30(33)38/h6-17,25-26H,2-5,18H2,1H3/t25-,26-/m0/s1. The number of hydrogen-bond donors (Lipinski definition) is 0. The quantitative estimate of drug-likeness (QED) is 0.0961. The Hall–Kier alpha value is -5.19. The van der Waals surface area contributed by atoms with Crippen molar-refractivity contribution in [2.45, 2.75) is 32.6 Å². The molecule has 5 rings (SSSR count). The van der Waals surface area contributed by atoms with E-state index in [0.29, 0.717) is 18.4 Å². The van der Waals surface area contributed by atoms with E-state index >= 15 is 0 Å². The van der Waals surface area contributed by atoms with Gasteiger partial charge in [-0.15, -0.1) is 0 Å². The van der Waals surface area contributed by atoms with E-state index in [-0.39, 0.29) is 22.6 Å². The smallest absolute Gasteiger partial charge is 0.343 e. The third-order valence-electron chi connectivity index (χ3n) is 7.59. The molecule has 2 atom stereocenters. The van der Waals surface area contributed by atoms with Crippen LogP contribution in [0.25, 0.3) is 0 Å². The van der Waals surface area contributed by atoms with E-state index in [0.717, 1.165) is 40.6 Å². The van der Waals surface area contributed by atoms with Gasteiger partial charge < -0.3 is 4.74 Å². The Balaban J connectivity index is 1.37. The molecule has 3 aromatic carbocycles. The number of nitro benzene ring substituents is 1. The highest BCUT2D eigenvalue weighted by Gasteiger charge is 2.51. The monoisotopic (exact) mass is 569 g/mol. The summed E-state index contributed by atoms with van der Waals surface area (Å²) < 4.78 is 5.38. The number of aryl methyl sites for hydroxylation is 1. The predicted octanol–water partition coefficient (Wildman–Crippen LogP) is 4.54. The minimum Gasteiger partial charge on any atom is -0.423 e. The third-order valence-corrected chi connectivity index (χ3v) is 7.59. The van der Waals surface area contributed by atoms with Crippen molar-refractivity contribution in [3.63, 3.8) is 0 Å². The summed E-state index contributed by atoms with van der Waals surface area (Å²) in [6.07, 6.45) is 2.60. The molecule has 0 unspecified atom stereocenters. The highest BCUT2D eigenvalue weighted by molar-refractivity contribution is 6.09. The molecule has 1 saturated carbocycles. The minimum absolute atomic E-state index is 0.0257. The Morgan fingerprint density at radius 3 is 1.90 bits per heavy atom. The summed E-state index contributed by atoms with van der Waals surface area (Å²) in [6.45, 7) is 1.27. The predicted molar refractivity (Wildman–Crippen MR) is 148 cm³/mol. The molecule has 1 aliphatic carbocycles. The molecule has 0 aromatic heterocycles. The average Bonchev–Trinajstić information content (AvgIpc) is 3.25. The molecule has 2 fully saturated rings. The van der Waals surface area contributed by atoms with Crippen LogP contribution < -0.4 is 4.74 Å².